The van der Waals surface area contributed by atoms with E-state index in [0.717, 1.165) is 35.8 Å². The fourth-order valence-electron chi connectivity index (χ4n) is 3.12. The van der Waals surface area contributed by atoms with E-state index in [-0.39, 0.29) is 10.9 Å². The largest absolute Gasteiger partial charge is 0.266 e. The maximum atomic E-state index is 13.3. The van der Waals surface area contributed by atoms with Crippen LogP contribution in [-0.4, -0.2) is 23.2 Å². The highest BCUT2D eigenvalue weighted by Crippen LogP contribution is 2.36. The summed E-state index contributed by atoms with van der Waals surface area (Å²) in [4.78, 5) is 0.229. The van der Waals surface area contributed by atoms with Gasteiger partial charge in [-0.2, -0.15) is 8.75 Å². The Labute approximate surface area is 139 Å². The van der Waals surface area contributed by atoms with Crippen LogP contribution < -0.4 is 4.31 Å². The van der Waals surface area contributed by atoms with Crippen LogP contribution in [0.4, 0.5) is 5.69 Å². The van der Waals surface area contributed by atoms with Crippen molar-refractivity contribution in [2.45, 2.75) is 30.7 Å². The molecule has 5 nitrogen and oxygen atoms in total. The minimum Gasteiger partial charge on any atom is -0.263 e. The molecule has 0 aliphatic carbocycles. The summed E-state index contributed by atoms with van der Waals surface area (Å²) < 4.78 is 36.5. The van der Waals surface area contributed by atoms with Gasteiger partial charge in [-0.05, 0) is 43.5 Å². The van der Waals surface area contributed by atoms with Gasteiger partial charge in [0.05, 0.1) is 17.4 Å². The SMILES string of the molecule is C[C@@H]1CCc2ccccc2N1S(=O)(=O)c1cccc2nsnc12. The molecule has 0 radical (unpaired) electrons. The van der Waals surface area contributed by atoms with Crippen molar-refractivity contribution in [3.8, 4) is 0 Å². The third kappa shape index (κ3) is 2.22. The highest BCUT2D eigenvalue weighted by Gasteiger charge is 2.35. The Morgan fingerprint density at radius 1 is 1.13 bits per heavy atom. The van der Waals surface area contributed by atoms with Crippen molar-refractivity contribution in [3.63, 3.8) is 0 Å². The second-order valence-electron chi connectivity index (χ2n) is 5.71. The number of sulfonamides is 1. The first-order valence-corrected chi connectivity index (χ1v) is 9.60. The molecule has 0 amide bonds. The smallest absolute Gasteiger partial charge is 0.263 e. The number of fused-ring (bicyclic) bond motifs is 2. The number of aryl methyl sites for hydroxylation is 1. The van der Waals surface area contributed by atoms with Crippen LogP contribution in [0, 0.1) is 0 Å². The average molecular weight is 345 g/mol. The third-order valence-electron chi connectivity index (χ3n) is 4.25. The van der Waals surface area contributed by atoms with Crippen molar-refractivity contribution < 1.29 is 8.42 Å². The zero-order chi connectivity index (χ0) is 16.0. The molecule has 3 aromatic rings. The lowest BCUT2D eigenvalue weighted by Gasteiger charge is -2.35. The summed E-state index contributed by atoms with van der Waals surface area (Å²) in [5.74, 6) is 0. The molecule has 1 aliphatic heterocycles. The fourth-order valence-corrected chi connectivity index (χ4v) is 5.60. The summed E-state index contributed by atoms with van der Waals surface area (Å²) in [6.45, 7) is 1.95. The predicted molar refractivity (Wildman–Crippen MR) is 91.3 cm³/mol. The van der Waals surface area contributed by atoms with E-state index in [1.807, 2.05) is 31.2 Å². The van der Waals surface area contributed by atoms with Crippen LogP contribution >= 0.6 is 11.7 Å². The lowest BCUT2D eigenvalue weighted by atomic mass is 9.99. The molecule has 0 fully saturated rings. The molecular formula is C16H15N3O2S2. The summed E-state index contributed by atoms with van der Waals surface area (Å²) in [5, 5.41) is 0. The van der Waals surface area contributed by atoms with Crippen molar-refractivity contribution in [2.24, 2.45) is 0 Å². The Morgan fingerprint density at radius 2 is 1.96 bits per heavy atom. The molecule has 4 rings (SSSR count). The van der Waals surface area contributed by atoms with E-state index in [4.69, 9.17) is 0 Å². The van der Waals surface area contributed by atoms with Crippen LogP contribution in [0.3, 0.4) is 0 Å². The molecule has 1 aromatic heterocycles. The summed E-state index contributed by atoms with van der Waals surface area (Å²) in [5.41, 5.74) is 2.91. The van der Waals surface area contributed by atoms with Gasteiger partial charge in [0.2, 0.25) is 0 Å². The summed E-state index contributed by atoms with van der Waals surface area (Å²) >= 11 is 1.03. The number of para-hydroxylation sites is 1. The maximum Gasteiger partial charge on any atom is 0.266 e. The van der Waals surface area contributed by atoms with Crippen molar-refractivity contribution in [1.82, 2.24) is 8.75 Å². The third-order valence-corrected chi connectivity index (χ3v) is 6.75. The van der Waals surface area contributed by atoms with Gasteiger partial charge in [0.25, 0.3) is 10.0 Å². The molecule has 0 bridgehead atoms. The molecule has 0 N–H and O–H groups in total. The zero-order valence-electron chi connectivity index (χ0n) is 12.5. The van der Waals surface area contributed by atoms with Crippen molar-refractivity contribution in [1.29, 1.82) is 0 Å². The van der Waals surface area contributed by atoms with E-state index in [9.17, 15) is 8.42 Å². The highest BCUT2D eigenvalue weighted by molar-refractivity contribution is 7.93. The van der Waals surface area contributed by atoms with Crippen LogP contribution in [0.25, 0.3) is 11.0 Å². The maximum absolute atomic E-state index is 13.3. The molecule has 1 atom stereocenters. The second-order valence-corrected chi connectivity index (χ2v) is 8.02. The summed E-state index contributed by atoms with van der Waals surface area (Å²) in [7, 11) is -3.68. The zero-order valence-corrected chi connectivity index (χ0v) is 14.1. The van der Waals surface area contributed by atoms with E-state index in [2.05, 4.69) is 8.75 Å². The summed E-state index contributed by atoms with van der Waals surface area (Å²) in [6, 6.07) is 12.7. The minimum atomic E-state index is -3.68. The predicted octanol–water partition coefficient (Wildman–Crippen LogP) is 3.22. The second kappa shape index (κ2) is 5.28. The van der Waals surface area contributed by atoms with Gasteiger partial charge in [0.15, 0.2) is 0 Å². The molecule has 0 saturated heterocycles. The molecule has 0 spiro atoms. The van der Waals surface area contributed by atoms with Gasteiger partial charge in [-0.15, -0.1) is 0 Å². The first kappa shape index (κ1) is 14.6. The van der Waals surface area contributed by atoms with E-state index < -0.39 is 10.0 Å². The number of hydrogen-bond donors (Lipinski definition) is 0. The molecule has 2 heterocycles. The number of aromatic nitrogens is 2. The summed E-state index contributed by atoms with van der Waals surface area (Å²) in [6.07, 6.45) is 1.70. The topological polar surface area (TPSA) is 63.2 Å². The first-order chi connectivity index (χ1) is 11.1. The molecule has 1 aliphatic rings. The Kier molecular flexibility index (Phi) is 3.35. The van der Waals surface area contributed by atoms with E-state index in [1.165, 1.54) is 0 Å². The quantitative estimate of drug-likeness (QED) is 0.715. The van der Waals surface area contributed by atoms with Crippen LogP contribution in [0.15, 0.2) is 47.4 Å². The first-order valence-electron chi connectivity index (χ1n) is 7.42. The number of hydrogen-bond acceptors (Lipinski definition) is 5. The average Bonchev–Trinajstić information content (AvgIpc) is 3.02. The normalized spacial score (nSPS) is 18.1. The van der Waals surface area contributed by atoms with Gasteiger partial charge in [0.1, 0.15) is 15.9 Å². The molecule has 7 heteroatoms. The fraction of sp³-hybridized carbons (Fsp3) is 0.250. The van der Waals surface area contributed by atoms with Gasteiger partial charge >= 0.3 is 0 Å². The van der Waals surface area contributed by atoms with Gasteiger partial charge in [0, 0.05) is 6.04 Å². The molecule has 2 aromatic carbocycles. The van der Waals surface area contributed by atoms with Gasteiger partial charge in [-0.25, -0.2) is 8.42 Å². The van der Waals surface area contributed by atoms with E-state index in [1.54, 1.807) is 22.5 Å². The number of anilines is 1. The number of rotatable bonds is 2. The Hall–Kier alpha value is -1.99. The lowest BCUT2D eigenvalue weighted by Crippen LogP contribution is -2.42. The molecular weight excluding hydrogens is 330 g/mol. The van der Waals surface area contributed by atoms with Gasteiger partial charge in [-0.1, -0.05) is 24.3 Å². The van der Waals surface area contributed by atoms with Crippen LogP contribution in [0.5, 0.6) is 0 Å². The van der Waals surface area contributed by atoms with Crippen LogP contribution in [-0.2, 0) is 16.4 Å². The van der Waals surface area contributed by atoms with E-state index >= 15 is 0 Å². The monoisotopic (exact) mass is 345 g/mol. The Balaban J connectivity index is 1.94. The highest BCUT2D eigenvalue weighted by atomic mass is 32.2. The van der Waals surface area contributed by atoms with Gasteiger partial charge < -0.3 is 0 Å². The van der Waals surface area contributed by atoms with Crippen molar-refractivity contribution in [3.05, 3.63) is 48.0 Å². The lowest BCUT2D eigenvalue weighted by molar-refractivity contribution is 0.564. The Bertz CT molecular complexity index is 982. The molecule has 0 saturated carbocycles. The molecule has 118 valence electrons. The standard InChI is InChI=1S/C16H15N3O2S2/c1-11-9-10-12-5-2-3-7-14(12)19(11)23(20,21)15-8-4-6-13-16(15)18-22-17-13/h2-8,11H,9-10H2,1H3/t11-/m1/s1. The van der Waals surface area contributed by atoms with E-state index in [0.29, 0.717) is 11.0 Å². The molecule has 23 heavy (non-hydrogen) atoms. The van der Waals surface area contributed by atoms with Crippen molar-refractivity contribution in [2.75, 3.05) is 4.31 Å². The number of benzene rings is 2. The minimum absolute atomic E-state index is 0.0863. The Morgan fingerprint density at radius 3 is 2.83 bits per heavy atom. The molecule has 0 unspecified atom stereocenters. The van der Waals surface area contributed by atoms with Crippen molar-refractivity contribution >= 4 is 38.5 Å². The van der Waals surface area contributed by atoms with Crippen LogP contribution in [0.2, 0.25) is 0 Å². The van der Waals surface area contributed by atoms with Gasteiger partial charge in [-0.3, -0.25) is 4.31 Å². The number of nitrogens with zero attached hydrogens (tertiary/aromatic N) is 3. The van der Waals surface area contributed by atoms with Crippen LogP contribution in [0.1, 0.15) is 18.9 Å².